The second-order valence-electron chi connectivity index (χ2n) is 3.58. The second-order valence-corrected chi connectivity index (χ2v) is 3.58. The lowest BCUT2D eigenvalue weighted by atomic mass is 10.2. The highest BCUT2D eigenvalue weighted by Gasteiger charge is 2.05. The molecule has 0 bridgehead atoms. The molecule has 1 aromatic heterocycles. The normalized spacial score (nSPS) is 11.0. The topological polar surface area (TPSA) is 52.3 Å². The molecule has 4 nitrogen and oxygen atoms in total. The van der Waals surface area contributed by atoms with Crippen LogP contribution in [0.4, 0.5) is 0 Å². The van der Waals surface area contributed by atoms with E-state index in [1.54, 1.807) is 0 Å². The van der Waals surface area contributed by atoms with Crippen LogP contribution in [0.15, 0.2) is 23.3 Å². The van der Waals surface area contributed by atoms with Gasteiger partial charge in [-0.3, -0.25) is 4.98 Å². The molecule has 1 aromatic rings. The van der Waals surface area contributed by atoms with Crippen molar-refractivity contribution in [3.05, 3.63) is 29.6 Å². The van der Waals surface area contributed by atoms with Gasteiger partial charge in [0.15, 0.2) is 0 Å². The summed E-state index contributed by atoms with van der Waals surface area (Å²) in [6, 6.07) is 4.03. The van der Waals surface area contributed by atoms with Gasteiger partial charge < -0.3 is 4.90 Å². The van der Waals surface area contributed by atoms with Crippen LogP contribution in [-0.2, 0) is 6.54 Å². The maximum absolute atomic E-state index is 8.51. The van der Waals surface area contributed by atoms with Crippen molar-refractivity contribution >= 4 is 5.84 Å². The molecule has 1 heterocycles. The monoisotopic (exact) mass is 216 g/mol. The summed E-state index contributed by atoms with van der Waals surface area (Å²) >= 11 is 0. The van der Waals surface area contributed by atoms with Crippen LogP contribution in [0.2, 0.25) is 0 Å². The van der Waals surface area contributed by atoms with Crippen molar-refractivity contribution in [2.45, 2.75) is 27.3 Å². The predicted octanol–water partition coefficient (Wildman–Crippen LogP) is 2.11. The summed E-state index contributed by atoms with van der Waals surface area (Å²) in [6.07, 6.45) is 3.67. The number of nitriles is 1. The van der Waals surface area contributed by atoms with Crippen LogP contribution in [0.3, 0.4) is 0 Å². The molecule has 0 aliphatic heterocycles. The Morgan fingerprint density at radius 2 is 2.31 bits per heavy atom. The molecule has 0 aromatic carbocycles. The molecule has 1 rings (SSSR count). The van der Waals surface area contributed by atoms with E-state index in [-0.39, 0.29) is 0 Å². The van der Waals surface area contributed by atoms with Gasteiger partial charge in [-0.25, -0.2) is 0 Å². The Balaban J connectivity index is 2.75. The first-order valence-electron chi connectivity index (χ1n) is 5.27. The van der Waals surface area contributed by atoms with Crippen molar-refractivity contribution in [2.75, 3.05) is 6.54 Å². The number of nitrogens with zero attached hydrogens (tertiary/aromatic N) is 4. The van der Waals surface area contributed by atoms with Gasteiger partial charge in [0.05, 0.1) is 0 Å². The Labute approximate surface area is 96.3 Å². The Kier molecular flexibility index (Phi) is 4.46. The van der Waals surface area contributed by atoms with Crippen LogP contribution in [0.5, 0.6) is 0 Å². The SMILES string of the molecule is CCN(Cc1ccc(C)nc1)C(C)=NC#N. The lowest BCUT2D eigenvalue weighted by molar-refractivity contribution is 0.432. The number of aryl methyl sites for hydroxylation is 1. The second kappa shape index (κ2) is 5.86. The average molecular weight is 216 g/mol. The van der Waals surface area contributed by atoms with Crippen molar-refractivity contribution in [2.24, 2.45) is 4.99 Å². The fraction of sp³-hybridized carbons (Fsp3) is 0.417. The van der Waals surface area contributed by atoms with Gasteiger partial charge in [-0.1, -0.05) is 6.07 Å². The van der Waals surface area contributed by atoms with E-state index in [1.165, 1.54) is 0 Å². The number of aromatic nitrogens is 1. The lowest BCUT2D eigenvalue weighted by Gasteiger charge is -2.21. The van der Waals surface area contributed by atoms with Crippen LogP contribution in [0.1, 0.15) is 25.1 Å². The van der Waals surface area contributed by atoms with Crippen molar-refractivity contribution < 1.29 is 0 Å². The maximum atomic E-state index is 8.51. The van der Waals surface area contributed by atoms with Crippen molar-refractivity contribution in [1.82, 2.24) is 9.88 Å². The van der Waals surface area contributed by atoms with Crippen LogP contribution in [0.25, 0.3) is 0 Å². The average Bonchev–Trinajstić information content (AvgIpc) is 2.28. The minimum atomic E-state index is 0.737. The van der Waals surface area contributed by atoms with E-state index >= 15 is 0 Å². The van der Waals surface area contributed by atoms with Crippen molar-refractivity contribution in [1.29, 1.82) is 5.26 Å². The lowest BCUT2D eigenvalue weighted by Crippen LogP contribution is -2.28. The van der Waals surface area contributed by atoms with Crippen LogP contribution in [-0.4, -0.2) is 22.3 Å². The van der Waals surface area contributed by atoms with Crippen molar-refractivity contribution in [3.63, 3.8) is 0 Å². The molecule has 0 N–H and O–H groups in total. The first-order chi connectivity index (χ1) is 7.67. The first-order valence-corrected chi connectivity index (χ1v) is 5.27. The molecule has 0 unspecified atom stereocenters. The molecule has 0 aliphatic carbocycles. The molecule has 0 saturated heterocycles. The van der Waals surface area contributed by atoms with Gasteiger partial charge in [0, 0.05) is 25.0 Å². The predicted molar refractivity (Wildman–Crippen MR) is 63.8 cm³/mol. The molecule has 0 saturated carbocycles. The molecule has 0 fully saturated rings. The molecular weight excluding hydrogens is 200 g/mol. The molecule has 0 aliphatic rings. The van der Waals surface area contributed by atoms with E-state index in [0.29, 0.717) is 0 Å². The van der Waals surface area contributed by atoms with Gasteiger partial charge in [-0.2, -0.15) is 10.3 Å². The third-order valence-electron chi connectivity index (χ3n) is 2.40. The number of hydrogen-bond donors (Lipinski definition) is 0. The van der Waals surface area contributed by atoms with Gasteiger partial charge in [0.25, 0.3) is 0 Å². The fourth-order valence-corrected chi connectivity index (χ4v) is 1.41. The zero-order valence-electron chi connectivity index (χ0n) is 9.94. The van der Waals surface area contributed by atoms with E-state index in [1.807, 2.05) is 50.2 Å². The fourth-order valence-electron chi connectivity index (χ4n) is 1.41. The van der Waals surface area contributed by atoms with Gasteiger partial charge in [-0.15, -0.1) is 0 Å². The first kappa shape index (κ1) is 12.2. The quantitative estimate of drug-likeness (QED) is 0.442. The standard InChI is InChI=1S/C12H16N4/c1-4-16(11(3)15-9-13)8-12-6-5-10(2)14-7-12/h5-7H,4,8H2,1-3H3. The number of amidine groups is 1. The summed E-state index contributed by atoms with van der Waals surface area (Å²) < 4.78 is 0. The Bertz CT molecular complexity index is 400. The molecular formula is C12H16N4. The highest BCUT2D eigenvalue weighted by atomic mass is 15.2. The smallest absolute Gasteiger partial charge is 0.207 e. The van der Waals surface area contributed by atoms with Gasteiger partial charge >= 0.3 is 0 Å². The highest BCUT2D eigenvalue weighted by molar-refractivity contribution is 5.80. The van der Waals surface area contributed by atoms with Crippen LogP contribution in [0, 0.1) is 18.4 Å². The molecule has 0 amide bonds. The number of aliphatic imine (C=N–C) groups is 1. The third-order valence-corrected chi connectivity index (χ3v) is 2.40. The summed E-state index contributed by atoms with van der Waals surface area (Å²) in [5, 5.41) is 8.51. The number of rotatable bonds is 3. The van der Waals surface area contributed by atoms with E-state index in [2.05, 4.69) is 9.98 Å². The number of pyridine rings is 1. The minimum absolute atomic E-state index is 0.737. The summed E-state index contributed by atoms with van der Waals surface area (Å²) in [5.74, 6) is 0.741. The summed E-state index contributed by atoms with van der Waals surface area (Å²) in [7, 11) is 0. The van der Waals surface area contributed by atoms with E-state index in [0.717, 1.165) is 30.2 Å². The summed E-state index contributed by atoms with van der Waals surface area (Å²) in [6.45, 7) is 7.40. The zero-order valence-corrected chi connectivity index (χ0v) is 9.94. The Morgan fingerprint density at radius 1 is 1.56 bits per heavy atom. The molecule has 16 heavy (non-hydrogen) atoms. The molecule has 0 atom stereocenters. The van der Waals surface area contributed by atoms with Gasteiger partial charge in [0.2, 0.25) is 6.19 Å². The van der Waals surface area contributed by atoms with Crippen LogP contribution >= 0.6 is 0 Å². The molecule has 0 spiro atoms. The summed E-state index contributed by atoms with van der Waals surface area (Å²) in [5.41, 5.74) is 2.13. The van der Waals surface area contributed by atoms with E-state index < -0.39 is 0 Å². The van der Waals surface area contributed by atoms with Crippen molar-refractivity contribution in [3.8, 4) is 6.19 Å². The Morgan fingerprint density at radius 3 is 2.81 bits per heavy atom. The third kappa shape index (κ3) is 3.35. The van der Waals surface area contributed by atoms with E-state index in [4.69, 9.17) is 5.26 Å². The maximum Gasteiger partial charge on any atom is 0.207 e. The Hall–Kier alpha value is -1.89. The minimum Gasteiger partial charge on any atom is -0.355 e. The zero-order chi connectivity index (χ0) is 12.0. The van der Waals surface area contributed by atoms with Crippen LogP contribution < -0.4 is 0 Å². The van der Waals surface area contributed by atoms with Gasteiger partial charge in [0.1, 0.15) is 5.84 Å². The number of hydrogen-bond acceptors (Lipinski definition) is 3. The molecule has 4 heteroatoms. The summed E-state index contributed by atoms with van der Waals surface area (Å²) in [4.78, 5) is 10.0. The largest absolute Gasteiger partial charge is 0.355 e. The molecule has 0 radical (unpaired) electrons. The van der Waals surface area contributed by atoms with Gasteiger partial charge in [-0.05, 0) is 32.4 Å². The van der Waals surface area contributed by atoms with E-state index in [9.17, 15) is 0 Å². The highest BCUT2D eigenvalue weighted by Crippen LogP contribution is 2.05. The molecule has 84 valence electrons.